The molecule has 2 aliphatic heterocycles. The molecule has 3 aromatic rings. The van der Waals surface area contributed by atoms with Crippen molar-refractivity contribution < 1.29 is 28.2 Å². The number of carbonyl (C=O) groups is 2. The Morgan fingerprint density at radius 3 is 2.40 bits per heavy atom. The molecule has 0 N–H and O–H groups in total. The van der Waals surface area contributed by atoms with Gasteiger partial charge in [-0.05, 0) is 91.1 Å². The van der Waals surface area contributed by atoms with Gasteiger partial charge in [0.05, 0.1) is 12.1 Å². The van der Waals surface area contributed by atoms with Crippen molar-refractivity contribution in [2.75, 3.05) is 18.0 Å². The molecule has 48 heavy (non-hydrogen) atoms. The molecule has 11 nitrogen and oxygen atoms in total. The summed E-state index contributed by atoms with van der Waals surface area (Å²) in [4.78, 5) is 36.0. The first kappa shape index (κ1) is 33.7. The molecule has 1 saturated heterocycles. The van der Waals surface area contributed by atoms with Crippen molar-refractivity contribution in [1.29, 1.82) is 0 Å². The van der Waals surface area contributed by atoms with Crippen LogP contribution in [0, 0.1) is 11.2 Å². The average molecular weight is 681 g/mol. The minimum atomic E-state index is -0.557. The van der Waals surface area contributed by atoms with Crippen LogP contribution in [0.5, 0.6) is 17.5 Å². The van der Waals surface area contributed by atoms with E-state index in [0.29, 0.717) is 32.0 Å². The third kappa shape index (κ3) is 6.85. The van der Waals surface area contributed by atoms with E-state index < -0.39 is 11.4 Å². The average Bonchev–Trinajstić information content (AvgIpc) is 3.40. The SMILES string of the molecule is CC(C)N(C(=O)c1cc(F)ccc1Oc1nnc(Cl)c(N2CC3(CC(Oc4cccc5c4CN(C(=O)OC(C)(C)C)C5)C3)C2)n1)C(C)C. The molecule has 256 valence electrons. The van der Waals surface area contributed by atoms with Crippen molar-refractivity contribution in [3.05, 3.63) is 64.1 Å². The number of ether oxygens (including phenoxy) is 3. The van der Waals surface area contributed by atoms with Gasteiger partial charge in [-0.1, -0.05) is 28.8 Å². The van der Waals surface area contributed by atoms with E-state index >= 15 is 0 Å². The number of nitrogens with zero attached hydrogens (tertiary/aromatic N) is 6. The highest BCUT2D eigenvalue weighted by Gasteiger charge is 2.54. The Kier molecular flexibility index (Phi) is 8.91. The summed E-state index contributed by atoms with van der Waals surface area (Å²) in [5.74, 6) is 0.457. The lowest BCUT2D eigenvalue weighted by Gasteiger charge is -2.58. The van der Waals surface area contributed by atoms with Crippen LogP contribution in [0.25, 0.3) is 0 Å². The zero-order valence-corrected chi connectivity index (χ0v) is 29.2. The molecular formula is C35H42ClFN6O5. The number of fused-ring (bicyclic) bond motifs is 1. The third-order valence-corrected chi connectivity index (χ3v) is 9.13. The molecule has 0 atom stereocenters. The molecule has 13 heteroatoms. The van der Waals surface area contributed by atoms with Crippen LogP contribution >= 0.6 is 11.6 Å². The lowest BCUT2D eigenvalue weighted by Crippen LogP contribution is -2.65. The van der Waals surface area contributed by atoms with Gasteiger partial charge in [0.1, 0.15) is 29.0 Å². The summed E-state index contributed by atoms with van der Waals surface area (Å²) in [6.07, 6.45) is 1.46. The molecule has 1 spiro atoms. The van der Waals surface area contributed by atoms with E-state index in [1.807, 2.05) is 71.6 Å². The molecule has 0 unspecified atom stereocenters. The summed E-state index contributed by atoms with van der Waals surface area (Å²) in [6.45, 7) is 15.6. The maximum atomic E-state index is 14.3. The van der Waals surface area contributed by atoms with Crippen LogP contribution in [0.4, 0.5) is 15.0 Å². The first-order chi connectivity index (χ1) is 22.6. The molecule has 3 aliphatic rings. The first-order valence-electron chi connectivity index (χ1n) is 16.3. The Labute approximate surface area is 285 Å². The summed E-state index contributed by atoms with van der Waals surface area (Å²) in [7, 11) is 0. The van der Waals surface area contributed by atoms with Crippen LogP contribution in [0.3, 0.4) is 0 Å². The van der Waals surface area contributed by atoms with Crippen LogP contribution in [0.1, 0.15) is 82.8 Å². The highest BCUT2D eigenvalue weighted by Crippen LogP contribution is 2.52. The van der Waals surface area contributed by atoms with Crippen LogP contribution in [-0.2, 0) is 17.8 Å². The standard InChI is InChI=1S/C35H42ClFN6O5/c1-20(2)43(21(3)4)31(44)25-13-23(37)11-12-28(25)47-32-38-30(29(36)39-40-32)42-18-35(19-42)14-24(15-35)46-27-10-8-9-22-16-41(17-26(22)27)33(45)48-34(5,6)7/h8-13,20-21,24H,14-19H2,1-7H3. The molecule has 1 saturated carbocycles. The summed E-state index contributed by atoms with van der Waals surface area (Å²) < 4.78 is 32.2. The summed E-state index contributed by atoms with van der Waals surface area (Å²) in [5, 5.41) is 8.18. The number of anilines is 1. The molecule has 2 amide bonds. The fourth-order valence-electron chi connectivity index (χ4n) is 6.89. The number of aromatic nitrogens is 3. The minimum Gasteiger partial charge on any atom is -0.490 e. The van der Waals surface area contributed by atoms with Crippen LogP contribution in [0.15, 0.2) is 36.4 Å². The fourth-order valence-corrected chi connectivity index (χ4v) is 7.09. The number of carbonyl (C=O) groups excluding carboxylic acids is 2. The predicted molar refractivity (Wildman–Crippen MR) is 178 cm³/mol. The van der Waals surface area contributed by atoms with E-state index in [-0.39, 0.29) is 58.1 Å². The number of halogens is 2. The van der Waals surface area contributed by atoms with Gasteiger partial charge in [-0.15, -0.1) is 5.10 Å². The van der Waals surface area contributed by atoms with Crippen molar-refractivity contribution in [2.45, 2.75) is 98.2 Å². The minimum absolute atomic E-state index is 0.0535. The zero-order chi connectivity index (χ0) is 34.5. The van der Waals surface area contributed by atoms with E-state index in [2.05, 4.69) is 15.2 Å². The molecule has 0 radical (unpaired) electrons. The van der Waals surface area contributed by atoms with Crippen molar-refractivity contribution in [3.8, 4) is 17.5 Å². The largest absolute Gasteiger partial charge is 0.490 e. The van der Waals surface area contributed by atoms with Gasteiger partial charge < -0.3 is 24.0 Å². The quantitative estimate of drug-likeness (QED) is 0.248. The van der Waals surface area contributed by atoms with Gasteiger partial charge in [-0.3, -0.25) is 9.69 Å². The van der Waals surface area contributed by atoms with Crippen molar-refractivity contribution >= 4 is 29.4 Å². The molecular weight excluding hydrogens is 639 g/mol. The third-order valence-electron chi connectivity index (χ3n) is 8.89. The molecule has 3 heterocycles. The number of hydrogen-bond donors (Lipinski definition) is 0. The van der Waals surface area contributed by atoms with Crippen LogP contribution in [-0.4, -0.2) is 73.9 Å². The second kappa shape index (κ2) is 12.7. The molecule has 1 aliphatic carbocycles. The topological polar surface area (TPSA) is 110 Å². The molecule has 2 aromatic carbocycles. The smallest absolute Gasteiger partial charge is 0.410 e. The van der Waals surface area contributed by atoms with Gasteiger partial charge >= 0.3 is 12.1 Å². The highest BCUT2D eigenvalue weighted by molar-refractivity contribution is 6.31. The zero-order valence-electron chi connectivity index (χ0n) is 28.4. The van der Waals surface area contributed by atoms with Gasteiger partial charge in [-0.2, -0.15) is 4.98 Å². The second-order valence-corrected chi connectivity index (χ2v) is 14.9. The van der Waals surface area contributed by atoms with Crippen LogP contribution in [0.2, 0.25) is 5.15 Å². The fraction of sp³-hybridized carbons (Fsp3) is 0.514. The maximum Gasteiger partial charge on any atom is 0.410 e. The van der Waals surface area contributed by atoms with E-state index in [0.717, 1.165) is 35.8 Å². The van der Waals surface area contributed by atoms with E-state index in [4.69, 9.17) is 25.8 Å². The molecule has 2 fully saturated rings. The molecule has 6 rings (SSSR count). The predicted octanol–water partition coefficient (Wildman–Crippen LogP) is 7.01. The highest BCUT2D eigenvalue weighted by atomic mass is 35.5. The van der Waals surface area contributed by atoms with E-state index in [1.165, 1.54) is 12.1 Å². The monoisotopic (exact) mass is 680 g/mol. The van der Waals surface area contributed by atoms with E-state index in [1.54, 1.807) is 9.80 Å². The van der Waals surface area contributed by atoms with Gasteiger partial charge in [0.15, 0.2) is 11.0 Å². The Bertz CT molecular complexity index is 1710. The number of benzene rings is 2. The van der Waals surface area contributed by atoms with Crippen LogP contribution < -0.4 is 14.4 Å². The Hall–Kier alpha value is -4.19. The lowest BCUT2D eigenvalue weighted by atomic mass is 9.61. The number of hydrogen-bond acceptors (Lipinski definition) is 9. The van der Waals surface area contributed by atoms with Gasteiger partial charge in [-0.25, -0.2) is 9.18 Å². The van der Waals surface area contributed by atoms with Crippen molar-refractivity contribution in [3.63, 3.8) is 0 Å². The summed E-state index contributed by atoms with van der Waals surface area (Å²) in [6, 6.07) is 9.43. The molecule has 1 aromatic heterocycles. The first-order valence-corrected chi connectivity index (χ1v) is 16.7. The van der Waals surface area contributed by atoms with Crippen molar-refractivity contribution in [1.82, 2.24) is 25.0 Å². The van der Waals surface area contributed by atoms with Crippen molar-refractivity contribution in [2.24, 2.45) is 5.41 Å². The summed E-state index contributed by atoms with van der Waals surface area (Å²) in [5.41, 5.74) is 1.67. The van der Waals surface area contributed by atoms with E-state index in [9.17, 15) is 14.0 Å². The van der Waals surface area contributed by atoms with Gasteiger partial charge in [0.2, 0.25) is 0 Å². The number of amides is 2. The Balaban J connectivity index is 1.08. The second-order valence-electron chi connectivity index (χ2n) is 14.6. The lowest BCUT2D eigenvalue weighted by molar-refractivity contribution is -0.0348. The number of rotatable bonds is 8. The van der Waals surface area contributed by atoms with Gasteiger partial charge in [0, 0.05) is 42.7 Å². The van der Waals surface area contributed by atoms with Gasteiger partial charge in [0.25, 0.3) is 5.91 Å². The summed E-state index contributed by atoms with van der Waals surface area (Å²) >= 11 is 6.43. The Morgan fingerprint density at radius 1 is 1.02 bits per heavy atom. The normalized spacial score (nSPS) is 16.9. The maximum absolute atomic E-state index is 14.3. The molecule has 0 bridgehead atoms. The Morgan fingerprint density at radius 2 is 1.73 bits per heavy atom.